The molecule has 0 amide bonds. The van der Waals surface area contributed by atoms with E-state index in [0.29, 0.717) is 36.3 Å². The average Bonchev–Trinajstić information content (AvgIpc) is 3.54. The molecule has 0 spiro atoms. The fourth-order valence-corrected chi connectivity index (χ4v) is 11.1. The molecule has 234 valence electrons. The van der Waals surface area contributed by atoms with E-state index < -0.39 is 57.8 Å². The Hall–Kier alpha value is -2.34. The first-order chi connectivity index (χ1) is 20.2. The van der Waals surface area contributed by atoms with E-state index in [1.165, 1.54) is 12.1 Å². The molecule has 7 fully saturated rings. The van der Waals surface area contributed by atoms with Crippen LogP contribution in [-0.2, 0) is 34.0 Å². The molecule has 6 saturated carbocycles. The maximum atomic E-state index is 13.8. The third kappa shape index (κ3) is 4.43. The predicted molar refractivity (Wildman–Crippen MR) is 150 cm³/mol. The molecular formula is C32H40O10S. The normalized spacial score (nSPS) is 40.6. The zero-order chi connectivity index (χ0) is 30.7. The largest absolute Gasteiger partial charge is 0.459 e. The molecule has 0 aromatic heterocycles. The van der Waals surface area contributed by atoms with Gasteiger partial charge < -0.3 is 19.3 Å². The molecule has 0 radical (unpaired) electrons. The van der Waals surface area contributed by atoms with E-state index in [4.69, 9.17) is 14.2 Å². The average molecular weight is 617 g/mol. The molecule has 8 rings (SSSR count). The van der Waals surface area contributed by atoms with Gasteiger partial charge in [-0.2, -0.15) is 8.42 Å². The van der Waals surface area contributed by atoms with Crippen molar-refractivity contribution >= 4 is 27.8 Å². The Morgan fingerprint density at radius 3 is 2.14 bits per heavy atom. The predicted octanol–water partition coefficient (Wildman–Crippen LogP) is 3.99. The van der Waals surface area contributed by atoms with Gasteiger partial charge >= 0.3 is 11.9 Å². The van der Waals surface area contributed by atoms with Gasteiger partial charge in [-0.3, -0.25) is 18.9 Å². The highest BCUT2D eigenvalue weighted by molar-refractivity contribution is 7.86. The molecule has 1 aromatic carbocycles. The number of ether oxygens (including phenoxy) is 3. The van der Waals surface area contributed by atoms with E-state index in [0.717, 1.165) is 19.3 Å². The minimum absolute atomic E-state index is 0.0749. The summed E-state index contributed by atoms with van der Waals surface area (Å²) >= 11 is 0. The molecule has 43 heavy (non-hydrogen) atoms. The van der Waals surface area contributed by atoms with Crippen LogP contribution in [0.2, 0.25) is 0 Å². The molecule has 7 aliphatic rings. The Morgan fingerprint density at radius 2 is 1.58 bits per heavy atom. The summed E-state index contributed by atoms with van der Waals surface area (Å²) in [7, 11) is -4.53. The Bertz CT molecular complexity index is 1450. The highest BCUT2D eigenvalue weighted by Gasteiger charge is 2.70. The quantitative estimate of drug-likeness (QED) is 0.261. The SMILES string of the molecule is CC(C)c1cc(OC(=O)C2C3CC4C(OC(O)C42)C3OC(=O)C23CC4CC(C2)C(=O)C(C4)C3)cc(C(C)C)c1S(=O)(=O)O. The van der Waals surface area contributed by atoms with E-state index in [2.05, 4.69) is 0 Å². The van der Waals surface area contributed by atoms with E-state index in [1.807, 2.05) is 0 Å². The number of Topliss-reactive ketones (excluding diaryl/α,β-unsaturated/α-hetero) is 1. The first-order valence-corrected chi connectivity index (χ1v) is 17.1. The molecule has 6 bridgehead atoms. The van der Waals surface area contributed by atoms with Gasteiger partial charge in [-0.05, 0) is 85.5 Å². The lowest BCUT2D eigenvalue weighted by Crippen LogP contribution is -2.56. The topological polar surface area (TPSA) is 153 Å². The standard InChI is InChI=1S/C32H40O10S/c1-13(2)19-7-18(8-20(14(3)4)28(19)43(37,38)39)40-29(34)23-22-9-21-24(23)30(35)41-26(21)27(22)42-31(36)32-10-15-5-16(11-32)25(33)17(6-15)12-32/h7-8,13-17,21-24,26-27,30,35H,5-6,9-12H2,1-4H3,(H,37,38,39). The number of fused-ring (bicyclic) bond motifs is 1. The van der Waals surface area contributed by atoms with Crippen LogP contribution in [0.15, 0.2) is 17.0 Å². The first kappa shape index (κ1) is 29.4. The number of esters is 2. The Balaban J connectivity index is 1.15. The summed E-state index contributed by atoms with van der Waals surface area (Å²) in [4.78, 5) is 40.2. The molecular weight excluding hydrogens is 576 g/mol. The minimum atomic E-state index is -4.53. The van der Waals surface area contributed by atoms with Crippen LogP contribution in [0.3, 0.4) is 0 Å². The number of hydrogen-bond donors (Lipinski definition) is 2. The summed E-state index contributed by atoms with van der Waals surface area (Å²) in [6.45, 7) is 7.17. The number of carbonyl (C=O) groups is 3. The van der Waals surface area contributed by atoms with Crippen molar-refractivity contribution in [3.63, 3.8) is 0 Å². The van der Waals surface area contributed by atoms with Crippen LogP contribution < -0.4 is 4.74 Å². The highest BCUT2D eigenvalue weighted by Crippen LogP contribution is 2.62. The molecule has 2 N–H and O–H groups in total. The summed E-state index contributed by atoms with van der Waals surface area (Å²) in [5.41, 5.74) is 0.0120. The zero-order valence-corrected chi connectivity index (χ0v) is 25.7. The second kappa shape index (κ2) is 9.83. The molecule has 1 heterocycles. The van der Waals surface area contributed by atoms with Gasteiger partial charge in [0.15, 0.2) is 6.29 Å². The van der Waals surface area contributed by atoms with Crippen molar-refractivity contribution in [3.8, 4) is 5.75 Å². The van der Waals surface area contributed by atoms with Crippen molar-refractivity contribution < 1.29 is 46.7 Å². The van der Waals surface area contributed by atoms with Gasteiger partial charge in [0, 0.05) is 23.7 Å². The number of aliphatic hydroxyl groups is 1. The molecule has 10 nitrogen and oxygen atoms in total. The van der Waals surface area contributed by atoms with Gasteiger partial charge in [0.2, 0.25) is 0 Å². The molecule has 1 saturated heterocycles. The maximum absolute atomic E-state index is 13.8. The van der Waals surface area contributed by atoms with E-state index >= 15 is 0 Å². The van der Waals surface area contributed by atoms with Crippen molar-refractivity contribution in [2.24, 2.45) is 46.8 Å². The highest BCUT2D eigenvalue weighted by atomic mass is 32.2. The third-order valence-corrected chi connectivity index (χ3v) is 12.5. The summed E-state index contributed by atoms with van der Waals surface area (Å²) in [5, 5.41) is 10.9. The van der Waals surface area contributed by atoms with Gasteiger partial charge in [-0.1, -0.05) is 27.7 Å². The monoisotopic (exact) mass is 616 g/mol. The molecule has 6 aliphatic carbocycles. The summed E-state index contributed by atoms with van der Waals surface area (Å²) < 4.78 is 52.7. The molecule has 11 heteroatoms. The number of benzene rings is 1. The Morgan fingerprint density at radius 1 is 0.977 bits per heavy atom. The smallest absolute Gasteiger partial charge is 0.315 e. The van der Waals surface area contributed by atoms with Gasteiger partial charge in [0.25, 0.3) is 10.1 Å². The van der Waals surface area contributed by atoms with Gasteiger partial charge in [-0.25, -0.2) is 0 Å². The van der Waals surface area contributed by atoms with Gasteiger partial charge in [-0.15, -0.1) is 0 Å². The molecule has 9 unspecified atom stereocenters. The lowest BCUT2D eigenvalue weighted by Gasteiger charge is -2.54. The van der Waals surface area contributed by atoms with Crippen LogP contribution in [0, 0.1) is 46.8 Å². The second-order valence-electron chi connectivity index (χ2n) is 14.7. The van der Waals surface area contributed by atoms with Crippen molar-refractivity contribution in [3.05, 3.63) is 23.3 Å². The summed E-state index contributed by atoms with van der Waals surface area (Å²) in [5.74, 6) is -2.65. The summed E-state index contributed by atoms with van der Waals surface area (Å²) in [6, 6.07) is 2.95. The first-order valence-electron chi connectivity index (χ1n) is 15.6. The van der Waals surface area contributed by atoms with E-state index in [1.54, 1.807) is 27.7 Å². The molecule has 1 aliphatic heterocycles. The van der Waals surface area contributed by atoms with Crippen LogP contribution in [0.25, 0.3) is 0 Å². The third-order valence-electron chi connectivity index (χ3n) is 11.5. The fraction of sp³-hybridized carbons (Fsp3) is 0.719. The Labute approximate surface area is 251 Å². The van der Waals surface area contributed by atoms with E-state index in [-0.39, 0.29) is 52.0 Å². The van der Waals surface area contributed by atoms with Crippen LogP contribution in [0.4, 0.5) is 0 Å². The fourth-order valence-electron chi connectivity index (χ4n) is 9.94. The van der Waals surface area contributed by atoms with Crippen molar-refractivity contribution in [2.45, 2.75) is 101 Å². The number of carbonyl (C=O) groups excluding carboxylic acids is 3. The lowest BCUT2D eigenvalue weighted by atomic mass is 9.49. The van der Waals surface area contributed by atoms with Gasteiger partial charge in [0.1, 0.15) is 28.6 Å². The van der Waals surface area contributed by atoms with E-state index in [9.17, 15) is 32.5 Å². The number of hydrogen-bond acceptors (Lipinski definition) is 9. The van der Waals surface area contributed by atoms with Crippen LogP contribution in [-0.4, -0.2) is 54.3 Å². The van der Waals surface area contributed by atoms with Gasteiger partial charge in [0.05, 0.1) is 11.3 Å². The summed E-state index contributed by atoms with van der Waals surface area (Å²) in [6.07, 6.45) is 1.65. The van der Waals surface area contributed by atoms with Crippen molar-refractivity contribution in [1.29, 1.82) is 0 Å². The van der Waals surface area contributed by atoms with Crippen LogP contribution in [0.5, 0.6) is 5.75 Å². The Kier molecular flexibility index (Phi) is 6.71. The lowest BCUT2D eigenvalue weighted by molar-refractivity contribution is -0.190. The van der Waals surface area contributed by atoms with Crippen LogP contribution in [0.1, 0.15) is 89.2 Å². The zero-order valence-electron chi connectivity index (χ0n) is 24.9. The maximum Gasteiger partial charge on any atom is 0.315 e. The van der Waals surface area contributed by atoms with Crippen molar-refractivity contribution in [2.75, 3.05) is 0 Å². The molecule has 1 aromatic rings. The number of aliphatic hydroxyl groups excluding tert-OH is 1. The van der Waals surface area contributed by atoms with Crippen LogP contribution >= 0.6 is 0 Å². The molecule has 9 atom stereocenters. The second-order valence-corrected chi connectivity index (χ2v) is 16.0. The van der Waals surface area contributed by atoms with Crippen molar-refractivity contribution in [1.82, 2.24) is 0 Å². The number of ketones is 1. The number of rotatable bonds is 7. The minimum Gasteiger partial charge on any atom is -0.459 e.